The highest BCUT2D eigenvalue weighted by molar-refractivity contribution is 6.30. The van der Waals surface area contributed by atoms with Crippen LogP contribution in [0, 0.1) is 6.92 Å². The van der Waals surface area contributed by atoms with Crippen molar-refractivity contribution in [3.05, 3.63) is 71.1 Å². The van der Waals surface area contributed by atoms with Crippen LogP contribution in [0.25, 0.3) is 11.3 Å². The fraction of sp³-hybridized carbons (Fsp3) is 0.118. The molecule has 0 amide bonds. The van der Waals surface area contributed by atoms with Gasteiger partial charge >= 0.3 is 0 Å². The maximum absolute atomic E-state index is 5.97. The Hall–Kier alpha value is -2.26. The molecule has 106 valence electrons. The van der Waals surface area contributed by atoms with E-state index in [0.717, 1.165) is 28.5 Å². The van der Waals surface area contributed by atoms with Gasteiger partial charge in [0, 0.05) is 17.3 Å². The summed E-state index contributed by atoms with van der Waals surface area (Å²) < 4.78 is 0. The number of halogens is 1. The maximum atomic E-state index is 5.97. The smallest absolute Gasteiger partial charge is 0.0924 e. The van der Waals surface area contributed by atoms with Crippen molar-refractivity contribution in [3.8, 4) is 11.3 Å². The zero-order valence-electron chi connectivity index (χ0n) is 11.7. The zero-order valence-corrected chi connectivity index (χ0v) is 12.5. The van der Waals surface area contributed by atoms with Crippen molar-refractivity contribution in [1.82, 2.24) is 9.97 Å². The van der Waals surface area contributed by atoms with Crippen molar-refractivity contribution < 1.29 is 0 Å². The van der Waals surface area contributed by atoms with Gasteiger partial charge in [0.25, 0.3) is 0 Å². The SMILES string of the molecule is Cc1cc(Cl)ccc1CNc1ccc(-c2cnc[nH]2)cc1. The lowest BCUT2D eigenvalue weighted by atomic mass is 10.1. The van der Waals surface area contributed by atoms with Gasteiger partial charge in [0.15, 0.2) is 0 Å². The Morgan fingerprint density at radius 2 is 1.95 bits per heavy atom. The first kappa shape index (κ1) is 13.7. The molecular weight excluding hydrogens is 282 g/mol. The lowest BCUT2D eigenvalue weighted by Crippen LogP contribution is -2.01. The Balaban J connectivity index is 1.68. The van der Waals surface area contributed by atoms with Gasteiger partial charge in [-0.15, -0.1) is 0 Å². The lowest BCUT2D eigenvalue weighted by molar-refractivity contribution is 1.12. The monoisotopic (exact) mass is 297 g/mol. The normalized spacial score (nSPS) is 10.6. The Morgan fingerprint density at radius 3 is 2.62 bits per heavy atom. The zero-order chi connectivity index (χ0) is 14.7. The van der Waals surface area contributed by atoms with E-state index in [1.54, 1.807) is 6.33 Å². The summed E-state index contributed by atoms with van der Waals surface area (Å²) in [5, 5.41) is 4.20. The van der Waals surface area contributed by atoms with Crippen LogP contribution in [0.5, 0.6) is 0 Å². The molecule has 0 radical (unpaired) electrons. The van der Waals surface area contributed by atoms with Gasteiger partial charge in [0.05, 0.1) is 18.2 Å². The number of hydrogen-bond donors (Lipinski definition) is 2. The number of aromatic nitrogens is 2. The Labute approximate surface area is 129 Å². The number of imidazole rings is 1. The Kier molecular flexibility index (Phi) is 3.93. The van der Waals surface area contributed by atoms with E-state index < -0.39 is 0 Å². The van der Waals surface area contributed by atoms with Gasteiger partial charge in [-0.25, -0.2) is 4.98 Å². The number of nitrogens with zero attached hydrogens (tertiary/aromatic N) is 1. The molecule has 0 spiro atoms. The van der Waals surface area contributed by atoms with Crippen molar-refractivity contribution >= 4 is 17.3 Å². The number of benzene rings is 2. The van der Waals surface area contributed by atoms with Crippen LogP contribution in [-0.2, 0) is 6.54 Å². The van der Waals surface area contributed by atoms with E-state index in [0.29, 0.717) is 0 Å². The standard InChI is InChI=1S/C17H16ClN3/c1-12-8-15(18)5-2-14(12)9-20-16-6-3-13(4-7-16)17-10-19-11-21-17/h2-8,10-11,20H,9H2,1H3,(H,19,21). The van der Waals surface area contributed by atoms with Crippen LogP contribution in [0.4, 0.5) is 5.69 Å². The van der Waals surface area contributed by atoms with E-state index in [4.69, 9.17) is 11.6 Å². The molecule has 1 heterocycles. The molecule has 3 rings (SSSR count). The van der Waals surface area contributed by atoms with Gasteiger partial charge in [-0.2, -0.15) is 0 Å². The average molecular weight is 298 g/mol. The first-order valence-corrected chi connectivity index (χ1v) is 7.18. The largest absolute Gasteiger partial charge is 0.381 e. The summed E-state index contributed by atoms with van der Waals surface area (Å²) in [4.78, 5) is 7.13. The van der Waals surface area contributed by atoms with Gasteiger partial charge in [-0.05, 0) is 47.9 Å². The van der Waals surface area contributed by atoms with E-state index in [1.807, 2.05) is 18.3 Å². The van der Waals surface area contributed by atoms with Crippen LogP contribution >= 0.6 is 11.6 Å². The Morgan fingerprint density at radius 1 is 1.14 bits per heavy atom. The summed E-state index contributed by atoms with van der Waals surface area (Å²) in [5.41, 5.74) is 5.68. The van der Waals surface area contributed by atoms with E-state index in [-0.39, 0.29) is 0 Å². The van der Waals surface area contributed by atoms with E-state index in [9.17, 15) is 0 Å². The van der Waals surface area contributed by atoms with Gasteiger partial charge in [0.1, 0.15) is 0 Å². The topological polar surface area (TPSA) is 40.7 Å². The molecule has 0 saturated carbocycles. The second-order valence-corrected chi connectivity index (χ2v) is 5.40. The second kappa shape index (κ2) is 6.02. The van der Waals surface area contributed by atoms with Gasteiger partial charge in [-0.3, -0.25) is 0 Å². The molecule has 4 heteroatoms. The summed E-state index contributed by atoms with van der Waals surface area (Å²) in [6.45, 7) is 2.86. The molecule has 2 aromatic carbocycles. The third-order valence-electron chi connectivity index (χ3n) is 3.48. The van der Waals surface area contributed by atoms with Crippen molar-refractivity contribution in [2.75, 3.05) is 5.32 Å². The summed E-state index contributed by atoms with van der Waals surface area (Å²) in [6, 6.07) is 14.3. The number of hydrogen-bond acceptors (Lipinski definition) is 2. The molecule has 0 atom stereocenters. The van der Waals surface area contributed by atoms with Crippen molar-refractivity contribution in [2.24, 2.45) is 0 Å². The van der Waals surface area contributed by atoms with Gasteiger partial charge in [-0.1, -0.05) is 29.8 Å². The molecule has 0 unspecified atom stereocenters. The van der Waals surface area contributed by atoms with E-state index in [1.165, 1.54) is 11.1 Å². The minimum absolute atomic E-state index is 0.778. The Bertz CT molecular complexity index is 718. The highest BCUT2D eigenvalue weighted by Gasteiger charge is 2.01. The third-order valence-corrected chi connectivity index (χ3v) is 3.72. The van der Waals surface area contributed by atoms with Gasteiger partial charge < -0.3 is 10.3 Å². The number of aromatic amines is 1. The maximum Gasteiger partial charge on any atom is 0.0924 e. The molecule has 0 aliphatic carbocycles. The number of rotatable bonds is 4. The highest BCUT2D eigenvalue weighted by atomic mass is 35.5. The number of H-pyrrole nitrogens is 1. The fourth-order valence-corrected chi connectivity index (χ4v) is 2.46. The summed E-state index contributed by atoms with van der Waals surface area (Å²) >= 11 is 5.97. The first-order valence-electron chi connectivity index (χ1n) is 6.80. The first-order chi connectivity index (χ1) is 10.2. The van der Waals surface area contributed by atoms with E-state index >= 15 is 0 Å². The van der Waals surface area contributed by atoms with Crippen molar-refractivity contribution in [2.45, 2.75) is 13.5 Å². The van der Waals surface area contributed by atoms with Crippen molar-refractivity contribution in [1.29, 1.82) is 0 Å². The van der Waals surface area contributed by atoms with Crippen LogP contribution in [0.3, 0.4) is 0 Å². The third kappa shape index (κ3) is 3.26. The molecule has 0 aliphatic heterocycles. The summed E-state index contributed by atoms with van der Waals surface area (Å²) in [6.07, 6.45) is 3.50. The molecule has 1 aromatic heterocycles. The summed E-state index contributed by atoms with van der Waals surface area (Å²) in [5.74, 6) is 0. The summed E-state index contributed by atoms with van der Waals surface area (Å²) in [7, 11) is 0. The fourth-order valence-electron chi connectivity index (χ4n) is 2.24. The number of nitrogens with one attached hydrogen (secondary N) is 2. The van der Waals surface area contributed by atoms with Crippen LogP contribution in [0.1, 0.15) is 11.1 Å². The minimum atomic E-state index is 0.778. The van der Waals surface area contributed by atoms with Crippen LogP contribution in [-0.4, -0.2) is 9.97 Å². The molecule has 2 N–H and O–H groups in total. The number of aryl methyl sites for hydroxylation is 1. The second-order valence-electron chi connectivity index (χ2n) is 4.97. The molecule has 0 fully saturated rings. The predicted molar refractivity (Wildman–Crippen MR) is 87.5 cm³/mol. The predicted octanol–water partition coefficient (Wildman–Crippen LogP) is 4.65. The highest BCUT2D eigenvalue weighted by Crippen LogP contribution is 2.20. The molecule has 3 nitrogen and oxygen atoms in total. The molecule has 3 aromatic rings. The van der Waals surface area contributed by atoms with Gasteiger partial charge in [0.2, 0.25) is 0 Å². The molecule has 0 bridgehead atoms. The molecule has 0 saturated heterocycles. The number of anilines is 1. The van der Waals surface area contributed by atoms with Crippen molar-refractivity contribution in [3.63, 3.8) is 0 Å². The molecule has 21 heavy (non-hydrogen) atoms. The lowest BCUT2D eigenvalue weighted by Gasteiger charge is -2.10. The van der Waals surface area contributed by atoms with Crippen LogP contribution in [0.15, 0.2) is 55.0 Å². The van der Waals surface area contributed by atoms with E-state index in [2.05, 4.69) is 52.5 Å². The molecule has 0 aliphatic rings. The average Bonchev–Trinajstić information content (AvgIpc) is 3.01. The van der Waals surface area contributed by atoms with Crippen LogP contribution < -0.4 is 5.32 Å². The minimum Gasteiger partial charge on any atom is -0.381 e. The quantitative estimate of drug-likeness (QED) is 0.736. The molecular formula is C17H16ClN3. The van der Waals surface area contributed by atoms with Crippen LogP contribution in [0.2, 0.25) is 5.02 Å².